The maximum atomic E-state index is 12.3. The second-order valence-corrected chi connectivity index (χ2v) is 7.06. The quantitative estimate of drug-likeness (QED) is 0.900. The van der Waals surface area contributed by atoms with E-state index in [1.165, 1.54) is 51.5 Å². The Balaban J connectivity index is 1.46. The number of rotatable bonds is 5. The molecule has 1 N–H and O–H groups in total. The van der Waals surface area contributed by atoms with Gasteiger partial charge in [-0.1, -0.05) is 19.3 Å². The first-order chi connectivity index (χ1) is 11.7. The second-order valence-electron chi connectivity index (χ2n) is 7.06. The van der Waals surface area contributed by atoms with Crippen molar-refractivity contribution < 1.29 is 4.79 Å². The van der Waals surface area contributed by atoms with Crippen molar-refractivity contribution in [3.8, 4) is 0 Å². The van der Waals surface area contributed by atoms with Crippen molar-refractivity contribution in [1.29, 1.82) is 0 Å². The lowest BCUT2D eigenvalue weighted by atomic mass is 9.94. The number of hydrogen-bond donors (Lipinski definition) is 1. The summed E-state index contributed by atoms with van der Waals surface area (Å²) in [7, 11) is 1.80. The van der Waals surface area contributed by atoms with Gasteiger partial charge in [0.2, 0.25) is 0 Å². The molecule has 3 rings (SSSR count). The Morgan fingerprint density at radius 1 is 1.25 bits per heavy atom. The van der Waals surface area contributed by atoms with Crippen LogP contribution in [0.4, 0.5) is 4.79 Å². The molecule has 2 fully saturated rings. The van der Waals surface area contributed by atoms with Crippen molar-refractivity contribution in [1.82, 2.24) is 25.1 Å². The molecule has 6 heteroatoms. The number of likely N-dealkylation sites (tertiary alicyclic amines) is 1. The molecule has 6 nitrogen and oxygen atoms in total. The van der Waals surface area contributed by atoms with Crippen LogP contribution < -0.4 is 5.32 Å². The SMILES string of the molecule is CN(Cc1cnccn1)C(=O)NC[C@H]1CCCN1C1CCCCC1. The third-order valence-corrected chi connectivity index (χ3v) is 5.32. The predicted molar refractivity (Wildman–Crippen MR) is 93.5 cm³/mol. The molecule has 1 atom stereocenters. The van der Waals surface area contributed by atoms with E-state index in [2.05, 4.69) is 20.2 Å². The van der Waals surface area contributed by atoms with Gasteiger partial charge in [-0.3, -0.25) is 14.9 Å². The highest BCUT2D eigenvalue weighted by atomic mass is 16.2. The van der Waals surface area contributed by atoms with Crippen LogP contribution in [0.5, 0.6) is 0 Å². The molecule has 0 aromatic carbocycles. The maximum absolute atomic E-state index is 12.3. The Labute approximate surface area is 144 Å². The van der Waals surface area contributed by atoms with Gasteiger partial charge in [0, 0.05) is 38.1 Å². The molecule has 0 bridgehead atoms. The van der Waals surface area contributed by atoms with Crippen molar-refractivity contribution in [2.24, 2.45) is 0 Å². The molecule has 1 aliphatic carbocycles. The molecule has 2 heterocycles. The van der Waals surface area contributed by atoms with Crippen molar-refractivity contribution in [3.05, 3.63) is 24.3 Å². The van der Waals surface area contributed by atoms with Crippen molar-refractivity contribution in [2.75, 3.05) is 20.1 Å². The highest BCUT2D eigenvalue weighted by Gasteiger charge is 2.31. The molecule has 132 valence electrons. The maximum Gasteiger partial charge on any atom is 0.317 e. The van der Waals surface area contributed by atoms with E-state index in [4.69, 9.17) is 0 Å². The van der Waals surface area contributed by atoms with Crippen LogP contribution in [0.2, 0.25) is 0 Å². The zero-order chi connectivity index (χ0) is 16.8. The van der Waals surface area contributed by atoms with Gasteiger partial charge in [-0.2, -0.15) is 0 Å². The van der Waals surface area contributed by atoms with Gasteiger partial charge in [0.1, 0.15) is 0 Å². The number of aromatic nitrogens is 2. The number of nitrogens with zero attached hydrogens (tertiary/aromatic N) is 4. The summed E-state index contributed by atoms with van der Waals surface area (Å²) in [6, 6.07) is 1.21. The molecule has 0 unspecified atom stereocenters. The summed E-state index contributed by atoms with van der Waals surface area (Å²) in [5.41, 5.74) is 0.805. The summed E-state index contributed by atoms with van der Waals surface area (Å²) in [6.07, 6.45) is 14.2. The molecule has 0 spiro atoms. The lowest BCUT2D eigenvalue weighted by Gasteiger charge is -2.35. The first-order valence-electron chi connectivity index (χ1n) is 9.23. The molecule has 1 aliphatic heterocycles. The lowest BCUT2D eigenvalue weighted by Crippen LogP contribution is -2.47. The first kappa shape index (κ1) is 17.1. The minimum Gasteiger partial charge on any atom is -0.336 e. The van der Waals surface area contributed by atoms with E-state index in [1.807, 2.05) is 0 Å². The minimum atomic E-state index is -0.0313. The summed E-state index contributed by atoms with van der Waals surface area (Å²) < 4.78 is 0. The van der Waals surface area contributed by atoms with Crippen LogP contribution in [0.1, 0.15) is 50.6 Å². The fourth-order valence-electron chi connectivity index (χ4n) is 4.04. The van der Waals surface area contributed by atoms with Gasteiger partial charge < -0.3 is 10.2 Å². The van der Waals surface area contributed by atoms with Crippen LogP contribution in [0.15, 0.2) is 18.6 Å². The zero-order valence-corrected chi connectivity index (χ0v) is 14.7. The molecule has 2 amide bonds. The molecule has 0 radical (unpaired) electrons. The number of carbonyl (C=O) groups excluding carboxylic acids is 1. The van der Waals surface area contributed by atoms with Gasteiger partial charge >= 0.3 is 6.03 Å². The minimum absolute atomic E-state index is 0.0313. The highest BCUT2D eigenvalue weighted by Crippen LogP contribution is 2.28. The Morgan fingerprint density at radius 3 is 2.83 bits per heavy atom. The largest absolute Gasteiger partial charge is 0.336 e. The molecule has 1 saturated carbocycles. The van der Waals surface area contributed by atoms with Crippen molar-refractivity contribution in [2.45, 2.75) is 63.6 Å². The summed E-state index contributed by atoms with van der Waals surface area (Å²) in [6.45, 7) is 2.43. The van der Waals surface area contributed by atoms with Crippen LogP contribution in [-0.4, -0.2) is 58.0 Å². The third-order valence-electron chi connectivity index (χ3n) is 5.32. The van der Waals surface area contributed by atoms with Gasteiger partial charge in [0.25, 0.3) is 0 Å². The standard InChI is InChI=1S/C18H29N5O/c1-22(14-15-12-19-9-10-20-15)18(24)21-13-17-8-5-11-23(17)16-6-3-2-4-7-16/h9-10,12,16-17H,2-8,11,13-14H2,1H3,(H,21,24)/t17-/m1/s1. The number of nitrogens with one attached hydrogen (secondary N) is 1. The molecule has 1 saturated heterocycles. The van der Waals surface area contributed by atoms with Crippen LogP contribution in [0.3, 0.4) is 0 Å². The molecule has 24 heavy (non-hydrogen) atoms. The fourth-order valence-corrected chi connectivity index (χ4v) is 4.04. The molecule has 1 aromatic rings. The van der Waals surface area contributed by atoms with E-state index < -0.39 is 0 Å². The van der Waals surface area contributed by atoms with Crippen LogP contribution in [0, 0.1) is 0 Å². The Kier molecular flexibility index (Phi) is 6.01. The fraction of sp³-hybridized carbons (Fsp3) is 0.722. The van der Waals surface area contributed by atoms with E-state index in [9.17, 15) is 4.79 Å². The average Bonchev–Trinajstić information content (AvgIpc) is 3.10. The van der Waals surface area contributed by atoms with Gasteiger partial charge in [-0.25, -0.2) is 4.79 Å². The molecule has 2 aliphatic rings. The molecule has 1 aromatic heterocycles. The number of amides is 2. The smallest absolute Gasteiger partial charge is 0.317 e. The number of hydrogen-bond acceptors (Lipinski definition) is 4. The number of carbonyl (C=O) groups is 1. The molecular weight excluding hydrogens is 302 g/mol. The van der Waals surface area contributed by atoms with Gasteiger partial charge in [-0.15, -0.1) is 0 Å². The van der Waals surface area contributed by atoms with Gasteiger partial charge in [0.15, 0.2) is 0 Å². The second kappa shape index (κ2) is 8.42. The topological polar surface area (TPSA) is 61.4 Å². The van der Waals surface area contributed by atoms with Crippen LogP contribution in [0.25, 0.3) is 0 Å². The summed E-state index contributed by atoms with van der Waals surface area (Å²) in [5.74, 6) is 0. The van der Waals surface area contributed by atoms with E-state index >= 15 is 0 Å². The average molecular weight is 331 g/mol. The van der Waals surface area contributed by atoms with Gasteiger partial charge in [-0.05, 0) is 32.2 Å². The lowest BCUT2D eigenvalue weighted by molar-refractivity contribution is 0.138. The van der Waals surface area contributed by atoms with E-state index in [1.54, 1.807) is 30.5 Å². The van der Waals surface area contributed by atoms with Crippen LogP contribution in [-0.2, 0) is 6.54 Å². The Bertz CT molecular complexity index is 517. The Hall–Kier alpha value is -1.69. The summed E-state index contributed by atoms with van der Waals surface area (Å²) >= 11 is 0. The van der Waals surface area contributed by atoms with Crippen LogP contribution >= 0.6 is 0 Å². The molecular formula is C18H29N5O. The highest BCUT2D eigenvalue weighted by molar-refractivity contribution is 5.73. The van der Waals surface area contributed by atoms with Gasteiger partial charge in [0.05, 0.1) is 18.4 Å². The Morgan fingerprint density at radius 2 is 2.08 bits per heavy atom. The summed E-state index contributed by atoms with van der Waals surface area (Å²) in [5, 5.41) is 3.11. The van der Waals surface area contributed by atoms with E-state index in [-0.39, 0.29) is 6.03 Å². The number of urea groups is 1. The van der Waals surface area contributed by atoms with E-state index in [0.717, 1.165) is 18.3 Å². The van der Waals surface area contributed by atoms with Crippen molar-refractivity contribution in [3.63, 3.8) is 0 Å². The predicted octanol–water partition coefficient (Wildman–Crippen LogP) is 2.42. The van der Waals surface area contributed by atoms with Crippen molar-refractivity contribution >= 4 is 6.03 Å². The first-order valence-corrected chi connectivity index (χ1v) is 9.23. The summed E-state index contributed by atoms with van der Waals surface area (Å²) in [4.78, 5) is 24.9. The monoisotopic (exact) mass is 331 g/mol. The normalized spacial score (nSPS) is 22.5. The zero-order valence-electron chi connectivity index (χ0n) is 14.7. The third kappa shape index (κ3) is 4.44. The van der Waals surface area contributed by atoms with E-state index in [0.29, 0.717) is 12.6 Å².